The molecule has 26 heavy (non-hydrogen) atoms. The Hall–Kier alpha value is -3.13. The number of hydrogen-bond donors (Lipinski definition) is 2. The van der Waals surface area contributed by atoms with Crippen LogP contribution in [0.5, 0.6) is 0 Å². The molecule has 2 aromatic carbocycles. The molecule has 0 atom stereocenters. The predicted molar refractivity (Wildman–Crippen MR) is 98.8 cm³/mol. The lowest BCUT2D eigenvalue weighted by atomic mass is 10.1. The van der Waals surface area contributed by atoms with Crippen molar-refractivity contribution in [3.8, 4) is 11.5 Å². The average Bonchev–Trinajstić information content (AvgIpc) is 3.10. The summed E-state index contributed by atoms with van der Waals surface area (Å²) in [6.45, 7) is 1.99. The van der Waals surface area contributed by atoms with Gasteiger partial charge in [0.25, 0.3) is 5.22 Å². The molecule has 1 aromatic heterocycles. The molecule has 132 valence electrons. The number of aromatic nitrogens is 2. The van der Waals surface area contributed by atoms with Crippen molar-refractivity contribution in [2.45, 2.75) is 12.1 Å². The van der Waals surface area contributed by atoms with E-state index in [-0.39, 0.29) is 11.0 Å². The van der Waals surface area contributed by atoms with E-state index in [1.54, 1.807) is 24.3 Å². The summed E-state index contributed by atoms with van der Waals surface area (Å²) in [7, 11) is 0. The van der Waals surface area contributed by atoms with Gasteiger partial charge in [0.1, 0.15) is 0 Å². The highest BCUT2D eigenvalue weighted by atomic mass is 32.2. The number of carbonyl (C=O) groups excluding carboxylic acids is 2. The third kappa shape index (κ3) is 4.93. The van der Waals surface area contributed by atoms with Gasteiger partial charge in [0.05, 0.1) is 5.75 Å². The number of anilines is 1. The molecule has 0 saturated carbocycles. The number of aryl methyl sites for hydroxylation is 1. The lowest BCUT2D eigenvalue weighted by molar-refractivity contribution is -0.117. The number of nitrogens with one attached hydrogen (secondary N) is 2. The Bertz CT molecular complexity index is 894. The molecule has 8 heteroatoms. The monoisotopic (exact) mass is 368 g/mol. The maximum absolute atomic E-state index is 11.8. The Morgan fingerprint density at radius 3 is 2.50 bits per heavy atom. The Morgan fingerprint density at radius 2 is 1.77 bits per heavy atom. The Kier molecular flexibility index (Phi) is 5.65. The van der Waals surface area contributed by atoms with Gasteiger partial charge in [-0.15, -0.1) is 10.2 Å². The molecule has 0 spiro atoms. The third-order valence-corrected chi connectivity index (χ3v) is 4.13. The van der Waals surface area contributed by atoms with Crippen LogP contribution < -0.4 is 10.6 Å². The molecule has 0 unspecified atom stereocenters. The lowest BCUT2D eigenvalue weighted by Gasteiger charge is -2.05. The molecule has 7 nitrogen and oxygen atoms in total. The fourth-order valence-corrected chi connectivity index (χ4v) is 2.62. The van der Waals surface area contributed by atoms with Crippen LogP contribution in [0.2, 0.25) is 0 Å². The molecule has 0 saturated heterocycles. The molecule has 3 amide bonds. The van der Waals surface area contributed by atoms with Gasteiger partial charge in [0, 0.05) is 11.3 Å². The number of thioether (sulfide) groups is 1. The molecule has 3 rings (SSSR count). The molecular formula is C18H16N4O3S. The van der Waals surface area contributed by atoms with E-state index in [0.717, 1.165) is 22.9 Å². The van der Waals surface area contributed by atoms with Gasteiger partial charge in [-0.05, 0) is 31.2 Å². The van der Waals surface area contributed by atoms with Gasteiger partial charge in [0.2, 0.25) is 11.8 Å². The molecule has 1 heterocycles. The van der Waals surface area contributed by atoms with Crippen LogP contribution in [0.25, 0.3) is 11.5 Å². The first-order valence-electron chi connectivity index (χ1n) is 7.79. The second kappa shape index (κ2) is 8.30. The van der Waals surface area contributed by atoms with E-state index >= 15 is 0 Å². The van der Waals surface area contributed by atoms with Crippen molar-refractivity contribution in [1.82, 2.24) is 15.5 Å². The second-order valence-electron chi connectivity index (χ2n) is 5.40. The number of carbonyl (C=O) groups is 2. The minimum Gasteiger partial charge on any atom is -0.411 e. The van der Waals surface area contributed by atoms with Gasteiger partial charge in [-0.3, -0.25) is 10.1 Å². The lowest BCUT2D eigenvalue weighted by Crippen LogP contribution is -2.35. The van der Waals surface area contributed by atoms with Gasteiger partial charge in [-0.2, -0.15) is 0 Å². The van der Waals surface area contributed by atoms with Crippen molar-refractivity contribution in [3.05, 3.63) is 60.2 Å². The normalized spacial score (nSPS) is 10.3. The van der Waals surface area contributed by atoms with E-state index in [1.807, 2.05) is 37.3 Å². The first-order valence-corrected chi connectivity index (χ1v) is 8.78. The van der Waals surface area contributed by atoms with E-state index in [9.17, 15) is 9.59 Å². The number of benzene rings is 2. The Balaban J connectivity index is 1.49. The third-order valence-electron chi connectivity index (χ3n) is 3.32. The molecule has 0 aliphatic heterocycles. The van der Waals surface area contributed by atoms with E-state index < -0.39 is 11.9 Å². The van der Waals surface area contributed by atoms with Crippen molar-refractivity contribution in [2.75, 3.05) is 11.1 Å². The van der Waals surface area contributed by atoms with Crippen LogP contribution in [0.1, 0.15) is 5.56 Å². The summed E-state index contributed by atoms with van der Waals surface area (Å²) in [6, 6.07) is 15.9. The summed E-state index contributed by atoms with van der Waals surface area (Å²) in [5.41, 5.74) is 2.54. The van der Waals surface area contributed by atoms with Crippen LogP contribution in [0.4, 0.5) is 10.5 Å². The van der Waals surface area contributed by atoms with Gasteiger partial charge in [-0.1, -0.05) is 47.7 Å². The fourth-order valence-electron chi connectivity index (χ4n) is 2.05. The highest BCUT2D eigenvalue weighted by Crippen LogP contribution is 2.23. The summed E-state index contributed by atoms with van der Waals surface area (Å²) in [5.74, 6) is -0.0918. The molecule has 3 aromatic rings. The Morgan fingerprint density at radius 1 is 1.04 bits per heavy atom. The van der Waals surface area contributed by atoms with Gasteiger partial charge in [0.15, 0.2) is 0 Å². The van der Waals surface area contributed by atoms with E-state index in [0.29, 0.717) is 11.6 Å². The maximum atomic E-state index is 11.8. The van der Waals surface area contributed by atoms with Crippen molar-refractivity contribution in [1.29, 1.82) is 0 Å². The van der Waals surface area contributed by atoms with Crippen LogP contribution in [-0.4, -0.2) is 27.9 Å². The first-order chi connectivity index (χ1) is 12.6. The average molecular weight is 368 g/mol. The van der Waals surface area contributed by atoms with Crippen molar-refractivity contribution in [2.24, 2.45) is 0 Å². The summed E-state index contributed by atoms with van der Waals surface area (Å²) < 4.78 is 5.52. The summed E-state index contributed by atoms with van der Waals surface area (Å²) in [5, 5.41) is 12.9. The fraction of sp³-hybridized carbons (Fsp3) is 0.111. The van der Waals surface area contributed by atoms with Gasteiger partial charge in [-0.25, -0.2) is 4.79 Å². The number of hydrogen-bond acceptors (Lipinski definition) is 6. The van der Waals surface area contributed by atoms with Gasteiger partial charge >= 0.3 is 6.03 Å². The highest BCUT2D eigenvalue weighted by molar-refractivity contribution is 7.99. The Labute approximate surface area is 154 Å². The molecular weight excluding hydrogens is 352 g/mol. The molecule has 0 radical (unpaired) electrons. The number of urea groups is 1. The summed E-state index contributed by atoms with van der Waals surface area (Å²) in [6.07, 6.45) is 0. The zero-order valence-corrected chi connectivity index (χ0v) is 14.7. The number of rotatable bonds is 5. The minimum atomic E-state index is -0.590. The maximum Gasteiger partial charge on any atom is 0.325 e. The number of imide groups is 1. The molecule has 0 aliphatic carbocycles. The van der Waals surface area contributed by atoms with Gasteiger partial charge < -0.3 is 9.73 Å². The standard InChI is InChI=1S/C18H16N4O3S/c1-12-7-9-13(10-8-12)16-21-22-18(25-16)26-11-15(23)20-17(24)19-14-5-3-2-4-6-14/h2-10H,11H2,1H3,(H2,19,20,23,24). The van der Waals surface area contributed by atoms with E-state index in [1.165, 1.54) is 0 Å². The number of amides is 3. The SMILES string of the molecule is Cc1ccc(-c2nnc(SCC(=O)NC(=O)Nc3ccccc3)o2)cc1. The van der Waals surface area contributed by atoms with Crippen LogP contribution >= 0.6 is 11.8 Å². The van der Waals surface area contributed by atoms with Crippen molar-refractivity contribution in [3.63, 3.8) is 0 Å². The molecule has 0 fully saturated rings. The minimum absolute atomic E-state index is 0.0161. The van der Waals surface area contributed by atoms with Crippen LogP contribution in [0, 0.1) is 6.92 Å². The highest BCUT2D eigenvalue weighted by Gasteiger charge is 2.13. The summed E-state index contributed by atoms with van der Waals surface area (Å²) in [4.78, 5) is 23.6. The molecule has 0 aliphatic rings. The second-order valence-corrected chi connectivity index (χ2v) is 6.32. The first kappa shape index (κ1) is 17.7. The molecule has 2 N–H and O–H groups in total. The van der Waals surface area contributed by atoms with Crippen molar-refractivity contribution < 1.29 is 14.0 Å². The van der Waals surface area contributed by atoms with E-state index in [4.69, 9.17) is 4.42 Å². The largest absolute Gasteiger partial charge is 0.411 e. The zero-order valence-electron chi connectivity index (χ0n) is 13.9. The van der Waals surface area contributed by atoms with E-state index in [2.05, 4.69) is 20.8 Å². The zero-order chi connectivity index (χ0) is 18.4. The van der Waals surface area contributed by atoms with Crippen LogP contribution in [-0.2, 0) is 4.79 Å². The quantitative estimate of drug-likeness (QED) is 0.669. The predicted octanol–water partition coefficient (Wildman–Crippen LogP) is 3.49. The molecule has 0 bridgehead atoms. The van der Waals surface area contributed by atoms with Crippen molar-refractivity contribution >= 4 is 29.4 Å². The number of para-hydroxylation sites is 1. The summed E-state index contributed by atoms with van der Waals surface area (Å²) >= 11 is 1.06. The number of nitrogens with zero attached hydrogens (tertiary/aromatic N) is 2. The topological polar surface area (TPSA) is 97.1 Å². The smallest absolute Gasteiger partial charge is 0.325 e. The van der Waals surface area contributed by atoms with Crippen LogP contribution in [0.3, 0.4) is 0 Å². The van der Waals surface area contributed by atoms with Crippen LogP contribution in [0.15, 0.2) is 64.2 Å².